The number of ether oxygens (including phenoxy) is 1. The summed E-state index contributed by atoms with van der Waals surface area (Å²) in [6.07, 6.45) is 6.01. The standard InChI is InChI=1S/C20H28N4O2/c1-3-24-11-10-22-19(24)18(16-8-12-26-13-9-16)23-14-15-4-6-17(7-5-15)20(25)21-2/h4-7,10-11,16,18,23H,3,8-9,12-14H2,1-2H3,(H,21,25). The maximum Gasteiger partial charge on any atom is 0.251 e. The largest absolute Gasteiger partial charge is 0.381 e. The number of rotatable bonds is 7. The SMILES string of the molecule is CCn1ccnc1C(NCc1ccc(C(=O)NC)cc1)C1CCOCC1. The molecular weight excluding hydrogens is 328 g/mol. The van der Waals surface area contributed by atoms with Crippen molar-refractivity contribution in [1.82, 2.24) is 20.2 Å². The molecule has 1 aromatic heterocycles. The smallest absolute Gasteiger partial charge is 0.251 e. The molecule has 140 valence electrons. The fraction of sp³-hybridized carbons (Fsp3) is 0.500. The van der Waals surface area contributed by atoms with E-state index >= 15 is 0 Å². The Labute approximate surface area is 155 Å². The van der Waals surface area contributed by atoms with E-state index in [1.807, 2.05) is 36.7 Å². The van der Waals surface area contributed by atoms with Crippen LogP contribution in [0.5, 0.6) is 0 Å². The van der Waals surface area contributed by atoms with Crippen LogP contribution in [0.3, 0.4) is 0 Å². The van der Waals surface area contributed by atoms with Crippen molar-refractivity contribution in [3.63, 3.8) is 0 Å². The molecule has 1 fully saturated rings. The zero-order chi connectivity index (χ0) is 18.4. The second kappa shape index (κ2) is 8.96. The highest BCUT2D eigenvalue weighted by atomic mass is 16.5. The van der Waals surface area contributed by atoms with Gasteiger partial charge in [-0.05, 0) is 43.4 Å². The summed E-state index contributed by atoms with van der Waals surface area (Å²) in [4.78, 5) is 16.3. The maximum absolute atomic E-state index is 11.7. The second-order valence-corrected chi connectivity index (χ2v) is 6.66. The third-order valence-corrected chi connectivity index (χ3v) is 5.07. The number of carbonyl (C=O) groups excluding carboxylic acids is 1. The summed E-state index contributed by atoms with van der Waals surface area (Å²) in [6, 6.07) is 7.95. The minimum absolute atomic E-state index is 0.0606. The van der Waals surface area contributed by atoms with Gasteiger partial charge in [-0.15, -0.1) is 0 Å². The van der Waals surface area contributed by atoms with Gasteiger partial charge in [0.2, 0.25) is 0 Å². The molecular formula is C20H28N4O2. The highest BCUT2D eigenvalue weighted by Gasteiger charge is 2.28. The summed E-state index contributed by atoms with van der Waals surface area (Å²) < 4.78 is 7.75. The number of benzene rings is 1. The van der Waals surface area contributed by atoms with E-state index in [0.29, 0.717) is 11.5 Å². The van der Waals surface area contributed by atoms with E-state index in [-0.39, 0.29) is 11.9 Å². The van der Waals surface area contributed by atoms with E-state index in [1.165, 1.54) is 0 Å². The van der Waals surface area contributed by atoms with Crippen molar-refractivity contribution in [2.45, 2.75) is 38.9 Å². The summed E-state index contributed by atoms with van der Waals surface area (Å²) in [7, 11) is 1.64. The molecule has 0 saturated carbocycles. The molecule has 3 rings (SSSR count). The Bertz CT molecular complexity index is 705. The maximum atomic E-state index is 11.7. The predicted molar refractivity (Wildman–Crippen MR) is 101 cm³/mol. The van der Waals surface area contributed by atoms with E-state index in [9.17, 15) is 4.79 Å². The number of carbonyl (C=O) groups is 1. The van der Waals surface area contributed by atoms with Crippen LogP contribution in [0.25, 0.3) is 0 Å². The van der Waals surface area contributed by atoms with Crippen molar-refractivity contribution >= 4 is 5.91 Å². The molecule has 2 N–H and O–H groups in total. The average molecular weight is 356 g/mol. The van der Waals surface area contributed by atoms with E-state index in [4.69, 9.17) is 4.74 Å². The summed E-state index contributed by atoms with van der Waals surface area (Å²) >= 11 is 0. The van der Waals surface area contributed by atoms with Crippen molar-refractivity contribution in [1.29, 1.82) is 0 Å². The number of aromatic nitrogens is 2. The third-order valence-electron chi connectivity index (χ3n) is 5.07. The van der Waals surface area contributed by atoms with Gasteiger partial charge in [0.25, 0.3) is 5.91 Å². The molecule has 26 heavy (non-hydrogen) atoms. The molecule has 1 atom stereocenters. The lowest BCUT2D eigenvalue weighted by Crippen LogP contribution is -2.34. The lowest BCUT2D eigenvalue weighted by atomic mass is 9.90. The Morgan fingerprint density at radius 2 is 2.04 bits per heavy atom. The number of nitrogens with one attached hydrogen (secondary N) is 2. The van der Waals surface area contributed by atoms with E-state index in [1.54, 1.807) is 7.05 Å². The van der Waals surface area contributed by atoms with Crippen molar-refractivity contribution < 1.29 is 9.53 Å². The van der Waals surface area contributed by atoms with E-state index in [0.717, 1.165) is 50.5 Å². The molecule has 0 aliphatic carbocycles. The Morgan fingerprint density at radius 3 is 2.69 bits per heavy atom. The Kier molecular flexibility index (Phi) is 6.41. The molecule has 0 bridgehead atoms. The minimum Gasteiger partial charge on any atom is -0.381 e. The Hall–Kier alpha value is -2.18. The monoisotopic (exact) mass is 356 g/mol. The van der Waals surface area contributed by atoms with Gasteiger partial charge in [-0.3, -0.25) is 4.79 Å². The molecule has 0 spiro atoms. The minimum atomic E-state index is -0.0606. The van der Waals surface area contributed by atoms with Gasteiger partial charge >= 0.3 is 0 Å². The van der Waals surface area contributed by atoms with Crippen LogP contribution >= 0.6 is 0 Å². The van der Waals surface area contributed by atoms with Gasteiger partial charge in [0.15, 0.2) is 0 Å². The Balaban J connectivity index is 1.72. The number of aryl methyl sites for hydroxylation is 1. The zero-order valence-corrected chi connectivity index (χ0v) is 15.6. The Morgan fingerprint density at radius 1 is 1.31 bits per heavy atom. The van der Waals surface area contributed by atoms with E-state index < -0.39 is 0 Å². The molecule has 1 aromatic carbocycles. The molecule has 1 aliphatic heterocycles. The molecule has 1 saturated heterocycles. The topological polar surface area (TPSA) is 68.2 Å². The predicted octanol–water partition coefficient (Wildman–Crippen LogP) is 2.52. The molecule has 6 nitrogen and oxygen atoms in total. The van der Waals surface area contributed by atoms with Gasteiger partial charge < -0.3 is 19.9 Å². The number of hydrogen-bond acceptors (Lipinski definition) is 4. The first kappa shape index (κ1) is 18.6. The van der Waals surface area contributed by atoms with Crippen LogP contribution in [0.15, 0.2) is 36.7 Å². The van der Waals surface area contributed by atoms with Crippen LogP contribution in [-0.2, 0) is 17.8 Å². The second-order valence-electron chi connectivity index (χ2n) is 6.66. The third kappa shape index (κ3) is 4.31. The van der Waals surface area contributed by atoms with Crippen LogP contribution in [0.4, 0.5) is 0 Å². The number of hydrogen-bond donors (Lipinski definition) is 2. The van der Waals surface area contributed by atoms with Crippen molar-refractivity contribution in [2.75, 3.05) is 20.3 Å². The first-order chi connectivity index (χ1) is 12.7. The summed E-state index contributed by atoms with van der Waals surface area (Å²) in [5.41, 5.74) is 1.84. The highest BCUT2D eigenvalue weighted by molar-refractivity contribution is 5.93. The van der Waals surface area contributed by atoms with Crippen LogP contribution in [0, 0.1) is 5.92 Å². The van der Waals surface area contributed by atoms with Gasteiger partial charge in [0.05, 0.1) is 6.04 Å². The van der Waals surface area contributed by atoms with Crippen molar-refractivity contribution in [3.8, 4) is 0 Å². The van der Waals surface area contributed by atoms with Gasteiger partial charge in [-0.2, -0.15) is 0 Å². The molecule has 6 heteroatoms. The van der Waals surface area contributed by atoms with Crippen molar-refractivity contribution in [2.24, 2.45) is 5.92 Å². The van der Waals surface area contributed by atoms with Crippen molar-refractivity contribution in [3.05, 3.63) is 53.6 Å². The van der Waals surface area contributed by atoms with Crippen LogP contribution in [-0.4, -0.2) is 35.7 Å². The number of nitrogens with zero attached hydrogens (tertiary/aromatic N) is 2. The number of amides is 1. The van der Waals surface area contributed by atoms with Gasteiger partial charge in [0.1, 0.15) is 5.82 Å². The van der Waals surface area contributed by atoms with E-state index in [2.05, 4.69) is 27.1 Å². The highest BCUT2D eigenvalue weighted by Crippen LogP contribution is 2.29. The fourth-order valence-electron chi connectivity index (χ4n) is 3.53. The average Bonchev–Trinajstić information content (AvgIpc) is 3.17. The lowest BCUT2D eigenvalue weighted by molar-refractivity contribution is 0.0517. The van der Waals surface area contributed by atoms with Gasteiger partial charge in [-0.1, -0.05) is 12.1 Å². The first-order valence-corrected chi connectivity index (χ1v) is 9.36. The lowest BCUT2D eigenvalue weighted by Gasteiger charge is -2.31. The summed E-state index contributed by atoms with van der Waals surface area (Å²) in [5, 5.41) is 6.35. The van der Waals surface area contributed by atoms with Crippen LogP contribution < -0.4 is 10.6 Å². The summed E-state index contributed by atoms with van der Waals surface area (Å²) in [6.45, 7) is 5.43. The first-order valence-electron chi connectivity index (χ1n) is 9.36. The molecule has 2 aromatic rings. The molecule has 0 radical (unpaired) electrons. The normalized spacial score (nSPS) is 16.4. The molecule has 2 heterocycles. The zero-order valence-electron chi connectivity index (χ0n) is 15.6. The summed E-state index contributed by atoms with van der Waals surface area (Å²) in [5.74, 6) is 1.55. The molecule has 1 amide bonds. The number of imidazole rings is 1. The molecule has 1 aliphatic rings. The fourth-order valence-corrected chi connectivity index (χ4v) is 3.53. The quantitative estimate of drug-likeness (QED) is 0.800. The van der Waals surface area contributed by atoms with Gasteiger partial charge in [-0.25, -0.2) is 4.98 Å². The molecule has 1 unspecified atom stereocenters. The van der Waals surface area contributed by atoms with Gasteiger partial charge in [0, 0.05) is 51.3 Å². The van der Waals surface area contributed by atoms with Crippen LogP contribution in [0.2, 0.25) is 0 Å². The van der Waals surface area contributed by atoms with Crippen LogP contribution in [0.1, 0.15) is 47.6 Å².